The normalized spacial score (nSPS) is 22.1. The average Bonchev–Trinajstić information content (AvgIpc) is 3.39. The fourth-order valence-electron chi connectivity index (χ4n) is 3.91. The summed E-state index contributed by atoms with van der Waals surface area (Å²) in [5.41, 5.74) is 1.11. The molecule has 7 nitrogen and oxygen atoms in total. The molecule has 3 heterocycles. The molecule has 7 heteroatoms. The van der Waals surface area contributed by atoms with Gasteiger partial charge in [-0.15, -0.1) is 0 Å². The molecule has 146 valence electrons. The summed E-state index contributed by atoms with van der Waals surface area (Å²) in [5, 5.41) is 3.03. The predicted molar refractivity (Wildman–Crippen MR) is 97.6 cm³/mol. The molecule has 27 heavy (non-hydrogen) atoms. The van der Waals surface area contributed by atoms with Crippen LogP contribution in [-0.4, -0.2) is 55.9 Å². The highest BCUT2D eigenvalue weighted by molar-refractivity contribution is 5.82. The van der Waals surface area contributed by atoms with Crippen molar-refractivity contribution in [2.24, 2.45) is 5.92 Å². The number of nitrogens with zero attached hydrogens (tertiary/aromatic N) is 1. The Morgan fingerprint density at radius 2 is 1.93 bits per heavy atom. The van der Waals surface area contributed by atoms with E-state index in [1.165, 1.54) is 0 Å². The third-order valence-corrected chi connectivity index (χ3v) is 5.53. The van der Waals surface area contributed by atoms with Crippen molar-refractivity contribution in [1.29, 1.82) is 0 Å². The summed E-state index contributed by atoms with van der Waals surface area (Å²) in [7, 11) is 0. The van der Waals surface area contributed by atoms with Crippen LogP contribution in [0.5, 0.6) is 11.5 Å². The molecule has 0 saturated carbocycles. The summed E-state index contributed by atoms with van der Waals surface area (Å²) in [4.78, 5) is 26.6. The van der Waals surface area contributed by atoms with Gasteiger partial charge in [0, 0.05) is 32.2 Å². The molecule has 0 aliphatic carbocycles. The molecule has 1 atom stereocenters. The summed E-state index contributed by atoms with van der Waals surface area (Å²) in [5.74, 6) is 1.69. The number of piperidine rings is 1. The molecule has 3 aliphatic heterocycles. The second-order valence-electron chi connectivity index (χ2n) is 7.33. The van der Waals surface area contributed by atoms with E-state index in [1.807, 2.05) is 23.1 Å². The molecule has 1 aromatic rings. The van der Waals surface area contributed by atoms with Gasteiger partial charge in [-0.2, -0.15) is 0 Å². The number of rotatable bonds is 5. The number of carbonyl (C=O) groups excluding carboxylic acids is 2. The second-order valence-corrected chi connectivity index (χ2v) is 7.33. The summed E-state index contributed by atoms with van der Waals surface area (Å²) in [6.45, 7) is 2.81. The summed E-state index contributed by atoms with van der Waals surface area (Å²) >= 11 is 0. The maximum atomic E-state index is 12.4. The lowest BCUT2D eigenvalue weighted by molar-refractivity contribution is -0.143. The zero-order valence-corrected chi connectivity index (χ0v) is 15.4. The van der Waals surface area contributed by atoms with Crippen LogP contribution >= 0.6 is 0 Å². The van der Waals surface area contributed by atoms with E-state index in [2.05, 4.69) is 5.32 Å². The van der Waals surface area contributed by atoms with Gasteiger partial charge in [0.15, 0.2) is 11.5 Å². The Labute approximate surface area is 158 Å². The Morgan fingerprint density at radius 3 is 2.70 bits per heavy atom. The molecule has 2 amide bonds. The van der Waals surface area contributed by atoms with Crippen molar-refractivity contribution in [2.75, 3.05) is 33.0 Å². The fraction of sp³-hybridized carbons (Fsp3) is 0.600. The first-order valence-electron chi connectivity index (χ1n) is 9.77. The van der Waals surface area contributed by atoms with Crippen LogP contribution in [0.25, 0.3) is 0 Å². The number of nitrogens with one attached hydrogen (secondary N) is 1. The van der Waals surface area contributed by atoms with Crippen molar-refractivity contribution in [2.45, 2.75) is 38.2 Å². The van der Waals surface area contributed by atoms with Crippen molar-refractivity contribution in [3.05, 3.63) is 23.8 Å². The highest BCUT2D eigenvalue weighted by atomic mass is 16.7. The highest BCUT2D eigenvalue weighted by Gasteiger charge is 2.32. The van der Waals surface area contributed by atoms with Gasteiger partial charge in [-0.05, 0) is 49.8 Å². The Hall–Kier alpha value is -2.28. The molecular weight excluding hydrogens is 348 g/mol. The molecule has 0 radical (unpaired) electrons. The maximum Gasteiger partial charge on any atom is 0.251 e. The van der Waals surface area contributed by atoms with Gasteiger partial charge in [-0.1, -0.05) is 6.07 Å². The molecular formula is C20H26N2O5. The van der Waals surface area contributed by atoms with Crippen LogP contribution in [0.1, 0.15) is 31.2 Å². The molecule has 2 saturated heterocycles. The Bertz CT molecular complexity index is 694. The average molecular weight is 374 g/mol. The Kier molecular flexibility index (Phi) is 5.48. The van der Waals surface area contributed by atoms with Crippen LogP contribution in [-0.2, 0) is 20.7 Å². The van der Waals surface area contributed by atoms with Crippen molar-refractivity contribution in [1.82, 2.24) is 10.2 Å². The minimum atomic E-state index is -0.267. The van der Waals surface area contributed by atoms with Crippen molar-refractivity contribution in [3.63, 3.8) is 0 Å². The van der Waals surface area contributed by atoms with E-state index in [9.17, 15) is 9.59 Å². The van der Waals surface area contributed by atoms with Crippen LogP contribution < -0.4 is 14.8 Å². The molecule has 0 bridgehead atoms. The maximum absolute atomic E-state index is 12.4. The molecule has 2 fully saturated rings. The van der Waals surface area contributed by atoms with Gasteiger partial charge in [0.2, 0.25) is 12.7 Å². The largest absolute Gasteiger partial charge is 0.454 e. The lowest BCUT2D eigenvalue weighted by Gasteiger charge is -2.32. The second kappa shape index (κ2) is 8.17. The topological polar surface area (TPSA) is 77.1 Å². The first-order chi connectivity index (χ1) is 13.2. The monoisotopic (exact) mass is 374 g/mol. The molecule has 4 rings (SSSR count). The molecule has 1 N–H and O–H groups in total. The Balaban J connectivity index is 1.19. The van der Waals surface area contributed by atoms with Gasteiger partial charge in [0.05, 0.1) is 0 Å². The number of likely N-dealkylation sites (tertiary alicyclic amines) is 1. The zero-order chi connectivity index (χ0) is 18.6. The van der Waals surface area contributed by atoms with E-state index in [0.717, 1.165) is 36.3 Å². The minimum Gasteiger partial charge on any atom is -0.454 e. The number of amides is 2. The van der Waals surface area contributed by atoms with Gasteiger partial charge in [-0.3, -0.25) is 9.59 Å². The summed E-state index contributed by atoms with van der Waals surface area (Å²) in [6.07, 6.45) is 3.69. The minimum absolute atomic E-state index is 0.0182. The SMILES string of the molecule is O=C(NCCc1ccc2c(c1)OCO2)C1CCN(C(=O)[C@H]2CCCO2)CC1. The molecule has 0 unspecified atom stereocenters. The smallest absolute Gasteiger partial charge is 0.251 e. The van der Waals surface area contributed by atoms with Gasteiger partial charge in [-0.25, -0.2) is 0 Å². The van der Waals surface area contributed by atoms with Crippen LogP contribution in [0.15, 0.2) is 18.2 Å². The van der Waals surface area contributed by atoms with Gasteiger partial charge < -0.3 is 24.4 Å². The van der Waals surface area contributed by atoms with E-state index in [0.29, 0.717) is 39.1 Å². The Morgan fingerprint density at radius 1 is 1.11 bits per heavy atom. The molecule has 1 aromatic carbocycles. The molecule has 0 spiro atoms. The quantitative estimate of drug-likeness (QED) is 0.845. The highest BCUT2D eigenvalue weighted by Crippen LogP contribution is 2.32. The molecule has 0 aromatic heterocycles. The van der Waals surface area contributed by atoms with Crippen LogP contribution in [0.4, 0.5) is 0 Å². The number of benzene rings is 1. The summed E-state index contributed by atoms with van der Waals surface area (Å²) < 4.78 is 16.2. The number of fused-ring (bicyclic) bond motifs is 1. The standard InChI is InChI=1S/C20H26N2O5/c23-19(21-8-5-14-3-4-16-18(12-14)27-13-26-16)15-6-9-22(10-7-15)20(24)17-2-1-11-25-17/h3-4,12,15,17H,1-2,5-11,13H2,(H,21,23)/t17-/m1/s1. The third-order valence-electron chi connectivity index (χ3n) is 5.53. The summed E-state index contributed by atoms with van der Waals surface area (Å²) in [6, 6.07) is 5.86. The number of ether oxygens (including phenoxy) is 3. The van der Waals surface area contributed by atoms with Gasteiger partial charge in [0.25, 0.3) is 5.91 Å². The number of carbonyl (C=O) groups is 2. The van der Waals surface area contributed by atoms with E-state index < -0.39 is 0 Å². The fourth-order valence-corrected chi connectivity index (χ4v) is 3.91. The lowest BCUT2D eigenvalue weighted by Crippen LogP contribution is -2.46. The molecule has 3 aliphatic rings. The lowest BCUT2D eigenvalue weighted by atomic mass is 9.95. The van der Waals surface area contributed by atoms with Crippen molar-refractivity contribution < 1.29 is 23.8 Å². The number of hydrogen-bond donors (Lipinski definition) is 1. The first-order valence-corrected chi connectivity index (χ1v) is 9.77. The first kappa shape index (κ1) is 18.1. The van der Waals surface area contributed by atoms with Crippen molar-refractivity contribution >= 4 is 11.8 Å². The van der Waals surface area contributed by atoms with Gasteiger partial charge >= 0.3 is 0 Å². The zero-order valence-electron chi connectivity index (χ0n) is 15.4. The van der Waals surface area contributed by atoms with Crippen molar-refractivity contribution in [3.8, 4) is 11.5 Å². The number of hydrogen-bond acceptors (Lipinski definition) is 5. The van der Waals surface area contributed by atoms with E-state index in [1.54, 1.807) is 0 Å². The van der Waals surface area contributed by atoms with Crippen LogP contribution in [0.2, 0.25) is 0 Å². The third kappa shape index (κ3) is 4.18. The van der Waals surface area contributed by atoms with Gasteiger partial charge in [0.1, 0.15) is 6.10 Å². The van der Waals surface area contributed by atoms with E-state index in [-0.39, 0.29) is 30.6 Å². The predicted octanol–water partition coefficient (Wildman–Crippen LogP) is 1.49. The van der Waals surface area contributed by atoms with E-state index >= 15 is 0 Å². The van der Waals surface area contributed by atoms with E-state index in [4.69, 9.17) is 14.2 Å². The van der Waals surface area contributed by atoms with Crippen LogP contribution in [0, 0.1) is 5.92 Å². The van der Waals surface area contributed by atoms with Crippen LogP contribution in [0.3, 0.4) is 0 Å².